The molecule has 0 amide bonds. The van der Waals surface area contributed by atoms with Gasteiger partial charge in [-0.1, -0.05) is 99.6 Å². The van der Waals surface area contributed by atoms with Crippen LogP contribution >= 0.6 is 0 Å². The van der Waals surface area contributed by atoms with Crippen LogP contribution in [0.15, 0.2) is 42.0 Å². The molecule has 2 atom stereocenters. The van der Waals surface area contributed by atoms with Crippen molar-refractivity contribution >= 4 is 30.9 Å². The fraction of sp³-hybridized carbons (Fsp3) is 0.676. The molecule has 1 rings (SSSR count). The zero-order valence-corrected chi connectivity index (χ0v) is 35.0. The molecule has 46 heavy (non-hydrogen) atoms. The number of benzene rings is 1. The Morgan fingerprint density at radius 2 is 1.48 bits per heavy atom. The molecule has 9 heteroatoms. The predicted molar refractivity (Wildman–Crippen MR) is 201 cm³/mol. The van der Waals surface area contributed by atoms with Crippen LogP contribution in [0.5, 0.6) is 5.75 Å². The lowest BCUT2D eigenvalue weighted by molar-refractivity contribution is 0.0551. The SMILES string of the molecule is CC[Si](CC)(O[C@H](C)/C=C\C(O[Si](C)(C)C(C)(C)C)/C(C)=C\Cc1cccc(O[Si](C)(C)C(C)(C)C)c1C(=O)OCC#N)C(C)C. The Kier molecular flexibility index (Phi) is 15.5. The summed E-state index contributed by atoms with van der Waals surface area (Å²) in [6.45, 7) is 35.2. The van der Waals surface area contributed by atoms with E-state index in [4.69, 9.17) is 23.3 Å². The Balaban J connectivity index is 3.60. The quantitative estimate of drug-likeness (QED) is 0.0978. The molecule has 0 aromatic heterocycles. The summed E-state index contributed by atoms with van der Waals surface area (Å²) in [5.41, 5.74) is 2.80. The Morgan fingerprint density at radius 1 is 0.913 bits per heavy atom. The van der Waals surface area contributed by atoms with Crippen LogP contribution in [-0.4, -0.2) is 49.7 Å². The van der Waals surface area contributed by atoms with Crippen LogP contribution in [0, 0.1) is 11.3 Å². The minimum absolute atomic E-state index is 0.0158. The number of nitrogens with zero attached hydrogens (tertiary/aromatic N) is 1. The highest BCUT2D eigenvalue weighted by Gasteiger charge is 2.41. The van der Waals surface area contributed by atoms with Crippen LogP contribution < -0.4 is 4.43 Å². The number of esters is 1. The molecule has 0 N–H and O–H groups in total. The second-order valence-corrected chi connectivity index (χ2v) is 30.4. The van der Waals surface area contributed by atoms with Gasteiger partial charge in [0, 0.05) is 0 Å². The van der Waals surface area contributed by atoms with Crippen molar-refractivity contribution in [3.05, 3.63) is 53.1 Å². The molecule has 0 bridgehead atoms. The monoisotopic (exact) mass is 687 g/mol. The largest absolute Gasteiger partial charge is 0.543 e. The maximum Gasteiger partial charge on any atom is 0.343 e. The summed E-state index contributed by atoms with van der Waals surface area (Å²) in [5, 5.41) is 9.09. The number of carbonyl (C=O) groups excluding carboxylic acids is 1. The molecule has 6 nitrogen and oxygen atoms in total. The second kappa shape index (κ2) is 16.9. The summed E-state index contributed by atoms with van der Waals surface area (Å²) in [7, 11) is -6.24. The van der Waals surface area contributed by atoms with Crippen molar-refractivity contribution in [2.24, 2.45) is 0 Å². The van der Waals surface area contributed by atoms with E-state index in [9.17, 15) is 4.79 Å². The van der Waals surface area contributed by atoms with E-state index in [-0.39, 0.29) is 28.9 Å². The number of nitriles is 1. The number of hydrogen-bond donors (Lipinski definition) is 0. The minimum atomic E-state index is -2.26. The standard InChI is InChI=1S/C37H65NO5Si3/c1-17-46(18-2,28(3)4)41-30(6)23-25-32(42-44(13,14)36(7,8)9)29(5)22-24-31-20-19-21-33(34(31)35(39)40-27-26-38)43-45(15,16)37(10,11)12/h19-23,25,28,30,32H,17-18,24,27H2,1-16H3/b25-23-,29-22-/t30-,32?/m1/s1. The Hall–Kier alpha value is -1.97. The van der Waals surface area contributed by atoms with Crippen molar-refractivity contribution in [1.29, 1.82) is 5.26 Å². The first-order chi connectivity index (χ1) is 21.0. The lowest BCUT2D eigenvalue weighted by Crippen LogP contribution is -2.44. The highest BCUT2D eigenvalue weighted by atomic mass is 28.4. The summed E-state index contributed by atoms with van der Waals surface area (Å²) < 4.78 is 25.8. The van der Waals surface area contributed by atoms with Gasteiger partial charge in [-0.05, 0) is 91.4 Å². The number of allylic oxidation sites excluding steroid dienone is 1. The zero-order chi connectivity index (χ0) is 35.7. The molecule has 0 heterocycles. The summed E-state index contributed by atoms with van der Waals surface area (Å²) in [6.07, 6.45) is 6.72. The van der Waals surface area contributed by atoms with Crippen LogP contribution in [0.4, 0.5) is 0 Å². The molecule has 1 aromatic rings. The van der Waals surface area contributed by atoms with E-state index in [0.717, 1.165) is 23.2 Å². The third-order valence-electron chi connectivity index (χ3n) is 10.3. The second-order valence-electron chi connectivity index (χ2n) is 16.0. The van der Waals surface area contributed by atoms with E-state index < -0.39 is 30.9 Å². The fourth-order valence-electron chi connectivity index (χ4n) is 4.86. The van der Waals surface area contributed by atoms with Crippen molar-refractivity contribution in [3.8, 4) is 11.8 Å². The Bertz CT molecular complexity index is 1240. The summed E-state index contributed by atoms with van der Waals surface area (Å²) in [5.74, 6) is -0.0239. The minimum Gasteiger partial charge on any atom is -0.543 e. The van der Waals surface area contributed by atoms with E-state index in [0.29, 0.717) is 23.3 Å². The van der Waals surface area contributed by atoms with E-state index in [2.05, 4.69) is 128 Å². The summed E-state index contributed by atoms with van der Waals surface area (Å²) >= 11 is 0. The molecular formula is C37H65NO5Si3. The van der Waals surface area contributed by atoms with E-state index in [1.165, 1.54) is 0 Å². The molecule has 1 aromatic carbocycles. The van der Waals surface area contributed by atoms with Gasteiger partial charge in [0.1, 0.15) is 17.4 Å². The third-order valence-corrected chi connectivity index (χ3v) is 24.4. The molecule has 0 fully saturated rings. The fourth-order valence-corrected chi connectivity index (χ4v) is 10.7. The summed E-state index contributed by atoms with van der Waals surface area (Å²) in [4.78, 5) is 13.3. The smallest absolute Gasteiger partial charge is 0.343 e. The molecule has 260 valence electrons. The normalized spacial score (nSPS) is 15.2. The van der Waals surface area contributed by atoms with Gasteiger partial charge in [-0.25, -0.2) is 4.79 Å². The molecular weight excluding hydrogens is 623 g/mol. The average Bonchev–Trinajstić information content (AvgIpc) is 2.93. The molecule has 0 saturated carbocycles. The molecule has 0 radical (unpaired) electrons. The van der Waals surface area contributed by atoms with Gasteiger partial charge in [0.05, 0.1) is 12.2 Å². The first-order valence-electron chi connectivity index (χ1n) is 17.0. The number of carbonyl (C=O) groups is 1. The number of rotatable bonds is 16. The molecule has 0 aliphatic rings. The van der Waals surface area contributed by atoms with Crippen LogP contribution in [0.2, 0.25) is 53.9 Å². The first kappa shape index (κ1) is 42.1. The highest BCUT2D eigenvalue weighted by molar-refractivity contribution is 6.75. The van der Waals surface area contributed by atoms with Crippen molar-refractivity contribution in [3.63, 3.8) is 0 Å². The van der Waals surface area contributed by atoms with Gasteiger partial charge >= 0.3 is 5.97 Å². The lowest BCUT2D eigenvalue weighted by atomic mass is 10.0. The maximum atomic E-state index is 13.3. The predicted octanol–water partition coefficient (Wildman–Crippen LogP) is 11.0. The lowest BCUT2D eigenvalue weighted by Gasteiger charge is -2.39. The number of ether oxygens (including phenoxy) is 1. The molecule has 0 aliphatic carbocycles. The Morgan fingerprint density at radius 3 is 1.96 bits per heavy atom. The maximum absolute atomic E-state index is 13.3. The topological polar surface area (TPSA) is 77.8 Å². The van der Waals surface area contributed by atoms with Gasteiger partial charge in [0.25, 0.3) is 8.32 Å². The van der Waals surface area contributed by atoms with Gasteiger partial charge in [0.2, 0.25) is 0 Å². The van der Waals surface area contributed by atoms with Crippen molar-refractivity contribution in [2.75, 3.05) is 6.61 Å². The highest BCUT2D eigenvalue weighted by Crippen LogP contribution is 2.40. The van der Waals surface area contributed by atoms with E-state index >= 15 is 0 Å². The molecule has 1 unspecified atom stereocenters. The van der Waals surface area contributed by atoms with Gasteiger partial charge in [0.15, 0.2) is 23.2 Å². The van der Waals surface area contributed by atoms with Crippen molar-refractivity contribution in [1.82, 2.24) is 0 Å². The van der Waals surface area contributed by atoms with E-state index in [1.807, 2.05) is 24.3 Å². The molecule has 0 aliphatic heterocycles. The Labute approximate surface area is 285 Å². The van der Waals surface area contributed by atoms with Crippen LogP contribution in [-0.2, 0) is 20.0 Å². The van der Waals surface area contributed by atoms with Crippen LogP contribution in [0.3, 0.4) is 0 Å². The zero-order valence-electron chi connectivity index (χ0n) is 32.0. The first-order valence-corrected chi connectivity index (χ1v) is 25.3. The molecule has 0 saturated heterocycles. The third kappa shape index (κ3) is 11.3. The van der Waals surface area contributed by atoms with Crippen LogP contribution in [0.25, 0.3) is 0 Å². The van der Waals surface area contributed by atoms with Crippen molar-refractivity contribution < 1.29 is 22.8 Å². The van der Waals surface area contributed by atoms with Crippen LogP contribution in [0.1, 0.15) is 99.0 Å². The van der Waals surface area contributed by atoms with E-state index in [1.54, 1.807) is 0 Å². The average molecular weight is 688 g/mol. The van der Waals surface area contributed by atoms with Gasteiger partial charge < -0.3 is 18.0 Å². The van der Waals surface area contributed by atoms with Gasteiger partial charge in [-0.15, -0.1) is 0 Å². The van der Waals surface area contributed by atoms with Gasteiger partial charge in [-0.2, -0.15) is 5.26 Å². The summed E-state index contributed by atoms with van der Waals surface area (Å²) in [6, 6.07) is 9.81. The van der Waals surface area contributed by atoms with Crippen molar-refractivity contribution in [2.45, 2.75) is 156 Å². The molecule has 0 spiro atoms. The number of hydrogen-bond acceptors (Lipinski definition) is 6. The van der Waals surface area contributed by atoms with Gasteiger partial charge in [-0.3, -0.25) is 0 Å².